The van der Waals surface area contributed by atoms with Crippen LogP contribution in [0.15, 0.2) is 24.3 Å². The van der Waals surface area contributed by atoms with Crippen LogP contribution in [0.5, 0.6) is 0 Å². The fourth-order valence-corrected chi connectivity index (χ4v) is 3.80. The normalized spacial score (nSPS) is 11.5. The van der Waals surface area contributed by atoms with Crippen molar-refractivity contribution in [3.63, 3.8) is 0 Å². The Morgan fingerprint density at radius 2 is 1.74 bits per heavy atom. The van der Waals surface area contributed by atoms with E-state index in [1.54, 1.807) is 24.3 Å². The summed E-state index contributed by atoms with van der Waals surface area (Å²) in [6, 6.07) is 8.62. The van der Waals surface area contributed by atoms with Crippen LogP contribution in [0.3, 0.4) is 0 Å². The summed E-state index contributed by atoms with van der Waals surface area (Å²) in [5, 5.41) is 8.96. The second-order valence-electron chi connectivity index (χ2n) is 3.80. The van der Waals surface area contributed by atoms with Crippen LogP contribution in [-0.2, 0) is 15.8 Å². The van der Waals surface area contributed by atoms with Crippen LogP contribution < -0.4 is 0 Å². The van der Waals surface area contributed by atoms with Crippen molar-refractivity contribution in [2.75, 3.05) is 24.8 Å². The van der Waals surface area contributed by atoms with Crippen LogP contribution >= 0.6 is 23.2 Å². The fraction of sp³-hybridized carbons (Fsp3) is 0.417. The third-order valence-electron chi connectivity index (χ3n) is 2.54. The van der Waals surface area contributed by atoms with Gasteiger partial charge in [0.25, 0.3) is 0 Å². The number of benzene rings is 1. The van der Waals surface area contributed by atoms with Gasteiger partial charge in [-0.2, -0.15) is 9.57 Å². The van der Waals surface area contributed by atoms with Crippen molar-refractivity contribution in [1.29, 1.82) is 5.26 Å². The second-order valence-corrected chi connectivity index (χ2v) is 6.53. The summed E-state index contributed by atoms with van der Waals surface area (Å²) in [6.07, 6.45) is 0. The van der Waals surface area contributed by atoms with Crippen LogP contribution in [0, 0.1) is 11.3 Å². The van der Waals surface area contributed by atoms with Gasteiger partial charge in [0.1, 0.15) is 0 Å². The molecule has 104 valence electrons. The summed E-state index contributed by atoms with van der Waals surface area (Å²) < 4.78 is 25.7. The van der Waals surface area contributed by atoms with Gasteiger partial charge in [0.15, 0.2) is 0 Å². The number of nitrogens with zero attached hydrogens (tertiary/aromatic N) is 2. The highest BCUT2D eigenvalue weighted by molar-refractivity contribution is 7.88. The van der Waals surface area contributed by atoms with Crippen molar-refractivity contribution in [2.45, 2.75) is 5.75 Å². The van der Waals surface area contributed by atoms with E-state index < -0.39 is 10.0 Å². The van der Waals surface area contributed by atoms with Crippen molar-refractivity contribution >= 4 is 33.2 Å². The van der Waals surface area contributed by atoms with Gasteiger partial charge in [-0.3, -0.25) is 0 Å². The van der Waals surface area contributed by atoms with Gasteiger partial charge in [-0.1, -0.05) is 18.2 Å². The molecule has 0 spiro atoms. The summed E-state index contributed by atoms with van der Waals surface area (Å²) in [5.41, 5.74) is 0.849. The standard InChI is InChI=1S/C12H14Cl2N2O2S/c13-5-7-16(8-6-14)19(17,18)10-12-4-2-1-3-11(12)9-15/h1-4H,5-8,10H2. The van der Waals surface area contributed by atoms with Crippen molar-refractivity contribution in [1.82, 2.24) is 4.31 Å². The topological polar surface area (TPSA) is 61.2 Å². The van der Waals surface area contributed by atoms with E-state index in [4.69, 9.17) is 28.5 Å². The number of alkyl halides is 2. The third-order valence-corrected chi connectivity index (χ3v) is 4.70. The van der Waals surface area contributed by atoms with Gasteiger partial charge in [-0.25, -0.2) is 8.42 Å². The van der Waals surface area contributed by atoms with E-state index in [2.05, 4.69) is 0 Å². The molecule has 0 amide bonds. The van der Waals surface area contributed by atoms with E-state index in [0.29, 0.717) is 11.1 Å². The van der Waals surface area contributed by atoms with E-state index in [1.165, 1.54) is 4.31 Å². The lowest BCUT2D eigenvalue weighted by atomic mass is 10.1. The van der Waals surface area contributed by atoms with E-state index in [-0.39, 0.29) is 30.6 Å². The summed E-state index contributed by atoms with van der Waals surface area (Å²) in [7, 11) is -3.52. The van der Waals surface area contributed by atoms with E-state index in [1.807, 2.05) is 6.07 Å². The molecule has 7 heteroatoms. The largest absolute Gasteiger partial charge is 0.218 e. The summed E-state index contributed by atoms with van der Waals surface area (Å²) in [5.74, 6) is 0.191. The number of halogens is 2. The first-order chi connectivity index (χ1) is 9.05. The van der Waals surface area contributed by atoms with Crippen molar-refractivity contribution in [3.05, 3.63) is 35.4 Å². The highest BCUT2D eigenvalue weighted by atomic mass is 35.5. The van der Waals surface area contributed by atoms with Crippen LogP contribution in [0.4, 0.5) is 0 Å². The lowest BCUT2D eigenvalue weighted by molar-refractivity contribution is 0.447. The minimum atomic E-state index is -3.52. The first kappa shape index (κ1) is 16.3. The van der Waals surface area contributed by atoms with Crippen molar-refractivity contribution < 1.29 is 8.42 Å². The predicted molar refractivity (Wildman–Crippen MR) is 76.8 cm³/mol. The average molecular weight is 321 g/mol. The molecule has 0 N–H and O–H groups in total. The van der Waals surface area contributed by atoms with Crippen LogP contribution in [0.25, 0.3) is 0 Å². The molecule has 0 aliphatic heterocycles. The highest BCUT2D eigenvalue weighted by Crippen LogP contribution is 2.15. The first-order valence-corrected chi connectivity index (χ1v) is 8.30. The predicted octanol–water partition coefficient (Wildman–Crippen LogP) is 2.17. The first-order valence-electron chi connectivity index (χ1n) is 5.63. The van der Waals surface area contributed by atoms with Gasteiger partial charge in [-0.15, -0.1) is 23.2 Å². The molecule has 4 nitrogen and oxygen atoms in total. The average Bonchev–Trinajstić information content (AvgIpc) is 2.38. The molecule has 0 aliphatic rings. The molecule has 0 fully saturated rings. The van der Waals surface area contributed by atoms with Crippen LogP contribution in [0.2, 0.25) is 0 Å². The lowest BCUT2D eigenvalue weighted by Gasteiger charge is -2.20. The number of hydrogen-bond acceptors (Lipinski definition) is 3. The minimum Gasteiger partial charge on any atom is -0.212 e. The molecule has 0 saturated heterocycles. The molecule has 19 heavy (non-hydrogen) atoms. The summed E-state index contributed by atoms with van der Waals surface area (Å²) in [4.78, 5) is 0. The van der Waals surface area contributed by atoms with Gasteiger partial charge in [0, 0.05) is 24.8 Å². The van der Waals surface area contributed by atoms with Gasteiger partial charge < -0.3 is 0 Å². The van der Waals surface area contributed by atoms with Crippen LogP contribution in [-0.4, -0.2) is 37.6 Å². The number of hydrogen-bond donors (Lipinski definition) is 0. The Hall–Kier alpha value is -0.800. The maximum Gasteiger partial charge on any atom is 0.218 e. The van der Waals surface area contributed by atoms with Gasteiger partial charge in [0.2, 0.25) is 10.0 Å². The molecule has 1 aromatic rings. The Morgan fingerprint density at radius 3 is 2.26 bits per heavy atom. The van der Waals surface area contributed by atoms with Crippen molar-refractivity contribution in [2.24, 2.45) is 0 Å². The number of rotatable bonds is 7. The number of nitriles is 1. The molecule has 0 aromatic heterocycles. The van der Waals surface area contributed by atoms with E-state index in [0.717, 1.165) is 0 Å². The molecule has 0 heterocycles. The second kappa shape index (κ2) is 7.71. The van der Waals surface area contributed by atoms with Gasteiger partial charge >= 0.3 is 0 Å². The Kier molecular flexibility index (Phi) is 6.59. The van der Waals surface area contributed by atoms with Crippen molar-refractivity contribution in [3.8, 4) is 6.07 Å². The lowest BCUT2D eigenvalue weighted by Crippen LogP contribution is -2.35. The molecule has 0 saturated carbocycles. The smallest absolute Gasteiger partial charge is 0.212 e. The number of sulfonamides is 1. The Bertz CT molecular complexity index is 549. The quantitative estimate of drug-likeness (QED) is 0.723. The van der Waals surface area contributed by atoms with Crippen LogP contribution in [0.1, 0.15) is 11.1 Å². The van der Waals surface area contributed by atoms with E-state index in [9.17, 15) is 8.42 Å². The molecule has 1 rings (SSSR count). The zero-order valence-corrected chi connectivity index (χ0v) is 12.5. The molecular weight excluding hydrogens is 307 g/mol. The van der Waals surface area contributed by atoms with Gasteiger partial charge in [-0.05, 0) is 11.6 Å². The monoisotopic (exact) mass is 320 g/mol. The van der Waals surface area contributed by atoms with Gasteiger partial charge in [0.05, 0.1) is 17.4 Å². The highest BCUT2D eigenvalue weighted by Gasteiger charge is 2.22. The molecule has 0 bridgehead atoms. The van der Waals surface area contributed by atoms with E-state index >= 15 is 0 Å². The SMILES string of the molecule is N#Cc1ccccc1CS(=O)(=O)N(CCCl)CCCl. The molecular formula is C12H14Cl2N2O2S. The Morgan fingerprint density at radius 1 is 1.16 bits per heavy atom. The minimum absolute atomic E-state index is 0.204. The maximum absolute atomic E-state index is 12.2. The zero-order chi connectivity index (χ0) is 14.3. The summed E-state index contributed by atoms with van der Waals surface area (Å²) in [6.45, 7) is 0.427. The Balaban J connectivity index is 2.98. The molecule has 0 aliphatic carbocycles. The summed E-state index contributed by atoms with van der Waals surface area (Å²) >= 11 is 11.2. The maximum atomic E-state index is 12.2. The zero-order valence-electron chi connectivity index (χ0n) is 10.2. The molecule has 0 unspecified atom stereocenters. The molecule has 0 radical (unpaired) electrons. The Labute approximate surface area is 123 Å². The molecule has 0 atom stereocenters. The third kappa shape index (κ3) is 4.66. The molecule has 1 aromatic carbocycles. The fourth-order valence-electron chi connectivity index (χ4n) is 1.62.